The molecule has 4 nitrogen and oxygen atoms in total. The van der Waals surface area contributed by atoms with Crippen LogP contribution in [-0.2, 0) is 0 Å². The highest BCUT2D eigenvalue weighted by Crippen LogP contribution is 2.29. The molecule has 1 aromatic carbocycles. The van der Waals surface area contributed by atoms with Crippen LogP contribution in [0.4, 0.5) is 5.82 Å². The predicted octanol–water partition coefficient (Wildman–Crippen LogP) is 3.44. The molecule has 4 heteroatoms. The van der Waals surface area contributed by atoms with E-state index in [0.29, 0.717) is 6.54 Å². The highest BCUT2D eigenvalue weighted by atomic mass is 16.3. The molecule has 0 spiro atoms. The van der Waals surface area contributed by atoms with Crippen molar-refractivity contribution in [1.82, 2.24) is 4.98 Å². The van der Waals surface area contributed by atoms with Crippen molar-refractivity contribution in [2.75, 3.05) is 11.9 Å². The minimum absolute atomic E-state index is 0.228. The van der Waals surface area contributed by atoms with Gasteiger partial charge in [0.25, 0.3) is 0 Å². The molecule has 0 bridgehead atoms. The van der Waals surface area contributed by atoms with Crippen LogP contribution >= 0.6 is 0 Å². The van der Waals surface area contributed by atoms with Crippen LogP contribution in [0.1, 0.15) is 38.5 Å². The molecule has 1 saturated carbocycles. The molecule has 112 valence electrons. The van der Waals surface area contributed by atoms with Crippen molar-refractivity contribution in [2.24, 2.45) is 0 Å². The quantitative estimate of drug-likeness (QED) is 0.756. The zero-order chi connectivity index (χ0) is 14.7. The number of aliphatic hydroxyl groups is 1. The van der Waals surface area contributed by atoms with Crippen LogP contribution in [-0.4, -0.2) is 27.3 Å². The minimum atomic E-state index is -0.642. The van der Waals surface area contributed by atoms with E-state index < -0.39 is 5.60 Å². The van der Waals surface area contributed by atoms with E-state index in [0.717, 1.165) is 42.3 Å². The summed E-state index contributed by atoms with van der Waals surface area (Å²) in [5, 5.41) is 25.5. The number of nitrogens with zero attached hydrogens (tertiary/aromatic N) is 1. The van der Waals surface area contributed by atoms with E-state index in [1.54, 1.807) is 18.3 Å². The van der Waals surface area contributed by atoms with Crippen LogP contribution in [0.5, 0.6) is 5.75 Å². The monoisotopic (exact) mass is 286 g/mol. The molecule has 1 fully saturated rings. The fourth-order valence-corrected chi connectivity index (χ4v) is 3.11. The third kappa shape index (κ3) is 3.27. The average molecular weight is 286 g/mol. The number of rotatable bonds is 3. The Hall–Kier alpha value is -1.81. The molecule has 0 atom stereocenters. The summed E-state index contributed by atoms with van der Waals surface area (Å²) in [6.07, 6.45) is 8.03. The fraction of sp³-hybridized carbons (Fsp3) is 0.471. The lowest BCUT2D eigenvalue weighted by Gasteiger charge is -2.27. The maximum absolute atomic E-state index is 10.7. The Balaban J connectivity index is 1.80. The van der Waals surface area contributed by atoms with Gasteiger partial charge in [0.2, 0.25) is 0 Å². The Morgan fingerprint density at radius 3 is 2.62 bits per heavy atom. The summed E-state index contributed by atoms with van der Waals surface area (Å²) in [6, 6.07) is 7.17. The van der Waals surface area contributed by atoms with Crippen LogP contribution in [0.3, 0.4) is 0 Å². The lowest BCUT2D eigenvalue weighted by Crippen LogP contribution is -2.36. The number of aromatic nitrogens is 1. The molecular formula is C17H22N2O2. The molecule has 1 aliphatic carbocycles. The Bertz CT molecular complexity index is 619. The second-order valence-corrected chi connectivity index (χ2v) is 6.06. The Morgan fingerprint density at radius 1 is 1.10 bits per heavy atom. The van der Waals surface area contributed by atoms with E-state index >= 15 is 0 Å². The maximum atomic E-state index is 10.7. The number of phenolic OH excluding ortho intramolecular Hbond substituents is 1. The molecule has 3 N–H and O–H groups in total. The summed E-state index contributed by atoms with van der Waals surface area (Å²) in [7, 11) is 0. The van der Waals surface area contributed by atoms with Gasteiger partial charge in [0, 0.05) is 18.1 Å². The molecule has 21 heavy (non-hydrogen) atoms. The molecule has 2 aromatic rings. The first kappa shape index (κ1) is 14.1. The Morgan fingerprint density at radius 2 is 1.86 bits per heavy atom. The third-order valence-corrected chi connectivity index (χ3v) is 4.37. The van der Waals surface area contributed by atoms with E-state index in [2.05, 4.69) is 10.3 Å². The van der Waals surface area contributed by atoms with Crippen molar-refractivity contribution in [2.45, 2.75) is 44.1 Å². The summed E-state index contributed by atoms with van der Waals surface area (Å²) in [4.78, 5) is 4.35. The number of benzene rings is 1. The summed E-state index contributed by atoms with van der Waals surface area (Å²) in [5.41, 5.74) is -0.642. The summed E-state index contributed by atoms with van der Waals surface area (Å²) >= 11 is 0. The second kappa shape index (κ2) is 5.90. The lowest BCUT2D eigenvalue weighted by atomic mass is 9.94. The molecule has 0 aliphatic heterocycles. The SMILES string of the molecule is Oc1ccc2ccnc(NCC3(O)CCCCCC3)c2c1. The van der Waals surface area contributed by atoms with Crippen LogP contribution < -0.4 is 5.32 Å². The largest absolute Gasteiger partial charge is 0.508 e. The van der Waals surface area contributed by atoms with Gasteiger partial charge in [-0.2, -0.15) is 0 Å². The first-order valence-electron chi connectivity index (χ1n) is 7.70. The number of pyridine rings is 1. The minimum Gasteiger partial charge on any atom is -0.508 e. The Labute approximate surface area is 124 Å². The molecule has 1 heterocycles. The predicted molar refractivity (Wildman–Crippen MR) is 84.5 cm³/mol. The number of nitrogens with one attached hydrogen (secondary N) is 1. The number of aromatic hydroxyl groups is 1. The van der Waals surface area contributed by atoms with Crippen LogP contribution in [0.25, 0.3) is 10.8 Å². The maximum Gasteiger partial charge on any atom is 0.134 e. The molecule has 1 aliphatic rings. The van der Waals surface area contributed by atoms with Gasteiger partial charge in [-0.05, 0) is 36.4 Å². The van der Waals surface area contributed by atoms with Gasteiger partial charge in [-0.1, -0.05) is 31.7 Å². The molecular weight excluding hydrogens is 264 g/mol. The highest BCUT2D eigenvalue weighted by molar-refractivity contribution is 5.92. The van der Waals surface area contributed by atoms with Gasteiger partial charge < -0.3 is 15.5 Å². The summed E-state index contributed by atoms with van der Waals surface area (Å²) in [6.45, 7) is 0.509. The van der Waals surface area contributed by atoms with Gasteiger partial charge in [0.15, 0.2) is 0 Å². The van der Waals surface area contributed by atoms with Crippen molar-refractivity contribution >= 4 is 16.6 Å². The standard InChI is InChI=1S/C17H22N2O2/c20-14-6-5-13-7-10-18-16(15(13)11-14)19-12-17(21)8-3-1-2-4-9-17/h5-7,10-11,20-21H,1-4,8-9,12H2,(H,18,19). The molecule has 0 radical (unpaired) electrons. The van der Waals surface area contributed by atoms with E-state index in [-0.39, 0.29) is 5.75 Å². The van der Waals surface area contributed by atoms with E-state index in [9.17, 15) is 10.2 Å². The zero-order valence-electron chi connectivity index (χ0n) is 12.2. The fourth-order valence-electron chi connectivity index (χ4n) is 3.11. The van der Waals surface area contributed by atoms with Crippen LogP contribution in [0, 0.1) is 0 Å². The molecule has 0 amide bonds. The number of fused-ring (bicyclic) bond motifs is 1. The lowest BCUT2D eigenvalue weighted by molar-refractivity contribution is 0.0381. The molecule has 0 unspecified atom stereocenters. The number of phenols is 1. The Kier molecular flexibility index (Phi) is 3.97. The topological polar surface area (TPSA) is 65.4 Å². The second-order valence-electron chi connectivity index (χ2n) is 6.06. The molecule has 1 aromatic heterocycles. The van der Waals surface area contributed by atoms with Crippen LogP contribution in [0.15, 0.2) is 30.5 Å². The van der Waals surface area contributed by atoms with Crippen molar-refractivity contribution < 1.29 is 10.2 Å². The molecule has 0 saturated heterocycles. The first-order chi connectivity index (χ1) is 10.2. The van der Waals surface area contributed by atoms with E-state index in [1.807, 2.05) is 12.1 Å². The third-order valence-electron chi connectivity index (χ3n) is 4.37. The van der Waals surface area contributed by atoms with Crippen molar-refractivity contribution in [3.05, 3.63) is 30.5 Å². The van der Waals surface area contributed by atoms with E-state index in [1.165, 1.54) is 12.8 Å². The van der Waals surface area contributed by atoms with Gasteiger partial charge >= 0.3 is 0 Å². The summed E-state index contributed by atoms with van der Waals surface area (Å²) < 4.78 is 0. The van der Waals surface area contributed by atoms with Gasteiger partial charge in [0.1, 0.15) is 11.6 Å². The van der Waals surface area contributed by atoms with Gasteiger partial charge in [-0.3, -0.25) is 0 Å². The van der Waals surface area contributed by atoms with E-state index in [4.69, 9.17) is 0 Å². The van der Waals surface area contributed by atoms with Crippen molar-refractivity contribution in [1.29, 1.82) is 0 Å². The molecule has 3 rings (SSSR count). The van der Waals surface area contributed by atoms with Crippen molar-refractivity contribution in [3.8, 4) is 5.75 Å². The smallest absolute Gasteiger partial charge is 0.134 e. The van der Waals surface area contributed by atoms with Gasteiger partial charge in [-0.15, -0.1) is 0 Å². The first-order valence-corrected chi connectivity index (χ1v) is 7.70. The van der Waals surface area contributed by atoms with Gasteiger partial charge in [-0.25, -0.2) is 4.98 Å². The summed E-state index contributed by atoms with van der Waals surface area (Å²) in [5.74, 6) is 0.952. The van der Waals surface area contributed by atoms with Crippen LogP contribution in [0.2, 0.25) is 0 Å². The number of hydrogen-bond acceptors (Lipinski definition) is 4. The number of hydrogen-bond donors (Lipinski definition) is 3. The normalized spacial score (nSPS) is 18.3. The van der Waals surface area contributed by atoms with Gasteiger partial charge in [0.05, 0.1) is 5.60 Å². The zero-order valence-corrected chi connectivity index (χ0v) is 12.2. The van der Waals surface area contributed by atoms with Crippen molar-refractivity contribution in [3.63, 3.8) is 0 Å². The number of anilines is 1. The average Bonchev–Trinajstić information content (AvgIpc) is 2.70. The highest BCUT2D eigenvalue weighted by Gasteiger charge is 2.27.